The molecule has 110 valence electrons. The number of alkyl halides is 2. The molecule has 0 saturated carbocycles. The van der Waals surface area contributed by atoms with Gasteiger partial charge in [-0.2, -0.15) is 4.98 Å². The third kappa shape index (κ3) is 3.80. The largest absolute Gasteiger partial charge is 0.498 e. The van der Waals surface area contributed by atoms with Crippen molar-refractivity contribution in [2.45, 2.75) is 19.4 Å². The molecule has 20 heavy (non-hydrogen) atoms. The van der Waals surface area contributed by atoms with Crippen LogP contribution in [0, 0.1) is 0 Å². The van der Waals surface area contributed by atoms with E-state index in [0.717, 1.165) is 12.5 Å². The second-order valence-corrected chi connectivity index (χ2v) is 4.54. The molecule has 0 spiro atoms. The highest BCUT2D eigenvalue weighted by Gasteiger charge is 2.23. The summed E-state index contributed by atoms with van der Waals surface area (Å²) in [5.41, 5.74) is 6.48. The van der Waals surface area contributed by atoms with E-state index in [1.54, 1.807) is 24.6 Å². The number of rotatable bonds is 5. The lowest BCUT2D eigenvalue weighted by Gasteiger charge is -2.25. The average Bonchev–Trinajstić information content (AvgIpc) is 2.45. The van der Waals surface area contributed by atoms with Crippen LogP contribution in [0.1, 0.15) is 12.5 Å². The molecule has 0 unspecified atom stereocenters. The number of nitrogens with zero attached hydrogens (tertiary/aromatic N) is 2. The van der Waals surface area contributed by atoms with Crippen molar-refractivity contribution in [1.29, 1.82) is 0 Å². The molecule has 5 nitrogen and oxygen atoms in total. The Kier molecular flexibility index (Phi) is 4.39. The van der Waals surface area contributed by atoms with Crippen molar-refractivity contribution in [1.82, 2.24) is 4.98 Å². The highest BCUT2D eigenvalue weighted by Crippen LogP contribution is 2.24. The van der Waals surface area contributed by atoms with E-state index in [9.17, 15) is 8.78 Å². The Labute approximate surface area is 116 Å². The zero-order chi connectivity index (χ0) is 14.6. The van der Waals surface area contributed by atoms with Crippen molar-refractivity contribution in [2.24, 2.45) is 5.73 Å². The van der Waals surface area contributed by atoms with E-state index in [1.165, 1.54) is 0 Å². The highest BCUT2D eigenvalue weighted by atomic mass is 19.3. The molecule has 0 fully saturated rings. The van der Waals surface area contributed by atoms with Gasteiger partial charge in [-0.1, -0.05) is 0 Å². The summed E-state index contributed by atoms with van der Waals surface area (Å²) in [7, 11) is 0. The number of aromatic nitrogens is 1. The summed E-state index contributed by atoms with van der Waals surface area (Å²) in [6.45, 7) is 1.54. The fourth-order valence-electron chi connectivity index (χ4n) is 1.74. The van der Waals surface area contributed by atoms with E-state index < -0.39 is 12.5 Å². The molecule has 0 amide bonds. The summed E-state index contributed by atoms with van der Waals surface area (Å²) >= 11 is 0. The Morgan fingerprint density at radius 1 is 1.50 bits per heavy atom. The Bertz CT molecular complexity index is 489. The first-order valence-corrected chi connectivity index (χ1v) is 6.25. The lowest BCUT2D eigenvalue weighted by Crippen LogP contribution is -2.27. The number of hydrogen-bond acceptors (Lipinski definition) is 5. The van der Waals surface area contributed by atoms with Crippen molar-refractivity contribution in [3.8, 4) is 5.88 Å². The van der Waals surface area contributed by atoms with Crippen LogP contribution in [0.3, 0.4) is 0 Å². The van der Waals surface area contributed by atoms with Gasteiger partial charge in [0.2, 0.25) is 5.88 Å². The van der Waals surface area contributed by atoms with Crippen LogP contribution in [0.15, 0.2) is 24.6 Å². The molecule has 2 heterocycles. The number of hydrogen-bond donors (Lipinski definition) is 1. The smallest absolute Gasteiger partial charge is 0.278 e. The highest BCUT2D eigenvalue weighted by molar-refractivity contribution is 5.51. The van der Waals surface area contributed by atoms with E-state index in [-0.39, 0.29) is 5.88 Å². The zero-order valence-corrected chi connectivity index (χ0v) is 11.2. The van der Waals surface area contributed by atoms with Crippen LogP contribution in [-0.2, 0) is 11.3 Å². The van der Waals surface area contributed by atoms with Gasteiger partial charge in [-0.3, -0.25) is 0 Å². The van der Waals surface area contributed by atoms with Gasteiger partial charge in [0.1, 0.15) is 12.4 Å². The molecule has 0 atom stereocenters. The van der Waals surface area contributed by atoms with Crippen LogP contribution in [0.2, 0.25) is 0 Å². The fourth-order valence-corrected chi connectivity index (χ4v) is 1.74. The first kappa shape index (κ1) is 14.5. The second kappa shape index (κ2) is 6.04. The molecule has 1 aromatic heterocycles. The molecule has 1 aliphatic rings. The van der Waals surface area contributed by atoms with Gasteiger partial charge in [0.05, 0.1) is 12.8 Å². The maximum absolute atomic E-state index is 12.8. The predicted octanol–water partition coefficient (Wildman–Crippen LogP) is 1.88. The molecule has 1 aromatic rings. The zero-order valence-electron chi connectivity index (χ0n) is 11.2. The summed E-state index contributed by atoms with van der Waals surface area (Å²) in [4.78, 5) is 6.10. The van der Waals surface area contributed by atoms with Crippen LogP contribution >= 0.6 is 0 Å². The first-order chi connectivity index (χ1) is 9.49. The monoisotopic (exact) mass is 285 g/mol. The van der Waals surface area contributed by atoms with Crippen molar-refractivity contribution < 1.29 is 18.3 Å². The minimum Gasteiger partial charge on any atom is -0.498 e. The predicted molar refractivity (Wildman–Crippen MR) is 70.7 cm³/mol. The fraction of sp³-hybridized carbons (Fsp3) is 0.462. The molecule has 2 rings (SSSR count). The van der Waals surface area contributed by atoms with Gasteiger partial charge in [0, 0.05) is 31.3 Å². The summed E-state index contributed by atoms with van der Waals surface area (Å²) < 4.78 is 35.7. The minimum absolute atomic E-state index is 0.151. The SMILES string of the molecule is CC(F)(F)COc1ccc(CN)c(N2C=COCC2)n1. The van der Waals surface area contributed by atoms with Crippen LogP contribution in [0.4, 0.5) is 14.6 Å². The molecule has 0 saturated heterocycles. The Hall–Kier alpha value is -1.89. The van der Waals surface area contributed by atoms with Gasteiger partial charge in [-0.25, -0.2) is 8.78 Å². The molecule has 0 bridgehead atoms. The minimum atomic E-state index is -2.90. The topological polar surface area (TPSA) is 60.6 Å². The van der Waals surface area contributed by atoms with Gasteiger partial charge in [-0.15, -0.1) is 0 Å². The third-order valence-electron chi connectivity index (χ3n) is 2.68. The lowest BCUT2D eigenvalue weighted by molar-refractivity contribution is -0.0242. The maximum Gasteiger partial charge on any atom is 0.278 e. The summed E-state index contributed by atoms with van der Waals surface area (Å²) in [6.07, 6.45) is 3.28. The van der Waals surface area contributed by atoms with Crippen LogP contribution in [0.25, 0.3) is 0 Å². The van der Waals surface area contributed by atoms with Gasteiger partial charge in [0.15, 0.2) is 6.61 Å². The summed E-state index contributed by atoms with van der Waals surface area (Å²) in [5, 5.41) is 0. The molecule has 0 radical (unpaired) electrons. The Morgan fingerprint density at radius 3 is 2.90 bits per heavy atom. The average molecular weight is 285 g/mol. The van der Waals surface area contributed by atoms with E-state index >= 15 is 0 Å². The number of nitrogens with two attached hydrogens (primary N) is 1. The van der Waals surface area contributed by atoms with E-state index in [0.29, 0.717) is 25.5 Å². The van der Waals surface area contributed by atoms with Crippen molar-refractivity contribution in [3.05, 3.63) is 30.2 Å². The van der Waals surface area contributed by atoms with Gasteiger partial charge < -0.3 is 20.1 Å². The standard InChI is InChI=1S/C13H17F2N3O2/c1-13(14,15)9-20-11-3-2-10(8-16)12(17-11)18-4-6-19-7-5-18/h2-4,6H,5,7-9,16H2,1H3. The molecule has 0 aliphatic carbocycles. The molecule has 7 heteroatoms. The van der Waals surface area contributed by atoms with E-state index in [2.05, 4.69) is 4.98 Å². The first-order valence-electron chi connectivity index (χ1n) is 6.25. The van der Waals surface area contributed by atoms with Gasteiger partial charge >= 0.3 is 0 Å². The Morgan fingerprint density at radius 2 is 2.30 bits per heavy atom. The number of pyridine rings is 1. The number of ether oxygens (including phenoxy) is 2. The third-order valence-corrected chi connectivity index (χ3v) is 2.68. The molecular weight excluding hydrogens is 268 g/mol. The van der Waals surface area contributed by atoms with E-state index in [4.69, 9.17) is 15.2 Å². The van der Waals surface area contributed by atoms with Gasteiger partial charge in [0.25, 0.3) is 5.92 Å². The van der Waals surface area contributed by atoms with Crippen LogP contribution < -0.4 is 15.4 Å². The second-order valence-electron chi connectivity index (χ2n) is 4.54. The van der Waals surface area contributed by atoms with Crippen molar-refractivity contribution >= 4 is 5.82 Å². The van der Waals surface area contributed by atoms with Crippen LogP contribution in [0.5, 0.6) is 5.88 Å². The van der Waals surface area contributed by atoms with E-state index in [1.807, 2.05) is 4.90 Å². The Balaban J connectivity index is 2.20. The summed E-state index contributed by atoms with van der Waals surface area (Å²) in [6, 6.07) is 3.27. The molecule has 2 N–H and O–H groups in total. The molecule has 1 aliphatic heterocycles. The quantitative estimate of drug-likeness (QED) is 0.895. The van der Waals surface area contributed by atoms with Gasteiger partial charge in [-0.05, 0) is 6.07 Å². The summed E-state index contributed by atoms with van der Waals surface area (Å²) in [5.74, 6) is -2.14. The van der Waals surface area contributed by atoms with Crippen molar-refractivity contribution in [3.63, 3.8) is 0 Å². The maximum atomic E-state index is 12.8. The molecular formula is C13H17F2N3O2. The normalized spacial score (nSPS) is 15.1. The molecule has 0 aromatic carbocycles. The lowest BCUT2D eigenvalue weighted by atomic mass is 10.2. The number of halogens is 2. The number of anilines is 1. The van der Waals surface area contributed by atoms with Crippen LogP contribution in [-0.4, -0.2) is 30.7 Å². The van der Waals surface area contributed by atoms with Crippen molar-refractivity contribution in [2.75, 3.05) is 24.7 Å².